The Bertz CT molecular complexity index is 964. The molecule has 1 aromatic carbocycles. The summed E-state index contributed by atoms with van der Waals surface area (Å²) in [5.41, 5.74) is -0.0441. The fourth-order valence-corrected chi connectivity index (χ4v) is 4.51. The molecule has 0 saturated heterocycles. The van der Waals surface area contributed by atoms with Crippen LogP contribution in [0.25, 0.3) is 10.6 Å². The molecule has 3 saturated carbocycles. The first-order valence-electron chi connectivity index (χ1n) is 8.33. The lowest BCUT2D eigenvalue weighted by molar-refractivity contribution is -0.204. The zero-order chi connectivity index (χ0) is 17.8. The molecule has 26 heavy (non-hydrogen) atoms. The smallest absolute Gasteiger partial charge is 0.273 e. The number of rotatable bonds is 5. The van der Waals surface area contributed by atoms with Crippen LogP contribution >= 0.6 is 11.3 Å². The SMILES string of the molecule is O=C(NCc1nnc(-c2ccccc2)s1)c1cn(C23CC(F)(C2)C3)nn1. The number of hydrogen-bond donors (Lipinski definition) is 1. The topological polar surface area (TPSA) is 85.6 Å². The van der Waals surface area contributed by atoms with Gasteiger partial charge in [0.15, 0.2) is 5.69 Å². The van der Waals surface area contributed by atoms with Crippen molar-refractivity contribution in [3.8, 4) is 10.6 Å². The van der Waals surface area contributed by atoms with E-state index in [0.29, 0.717) is 24.3 Å². The van der Waals surface area contributed by atoms with Crippen LogP contribution in [0, 0.1) is 0 Å². The van der Waals surface area contributed by atoms with Crippen LogP contribution in [0.5, 0.6) is 0 Å². The Morgan fingerprint density at radius 2 is 1.96 bits per heavy atom. The molecule has 7 nitrogen and oxygen atoms in total. The first-order chi connectivity index (χ1) is 12.6. The van der Waals surface area contributed by atoms with Crippen molar-refractivity contribution >= 4 is 17.2 Å². The van der Waals surface area contributed by atoms with Gasteiger partial charge in [-0.05, 0) is 0 Å². The van der Waals surface area contributed by atoms with E-state index in [1.807, 2.05) is 30.3 Å². The van der Waals surface area contributed by atoms with Crippen LogP contribution in [-0.4, -0.2) is 36.8 Å². The minimum atomic E-state index is -1.01. The molecule has 2 bridgehead atoms. The number of carbonyl (C=O) groups excluding carboxylic acids is 1. The second-order valence-corrected chi connectivity index (χ2v) is 8.07. The molecule has 0 unspecified atom stereocenters. The van der Waals surface area contributed by atoms with Gasteiger partial charge in [-0.3, -0.25) is 4.79 Å². The Labute approximate surface area is 152 Å². The third kappa shape index (κ3) is 2.42. The summed E-state index contributed by atoms with van der Waals surface area (Å²) in [7, 11) is 0. The van der Waals surface area contributed by atoms with E-state index in [-0.39, 0.29) is 23.7 Å². The number of alkyl halides is 1. The molecule has 1 N–H and O–H groups in total. The van der Waals surface area contributed by atoms with Crippen molar-refractivity contribution in [2.75, 3.05) is 0 Å². The molecule has 0 radical (unpaired) electrons. The van der Waals surface area contributed by atoms with Gasteiger partial charge in [0.25, 0.3) is 5.91 Å². The Morgan fingerprint density at radius 3 is 2.69 bits per heavy atom. The Balaban J connectivity index is 1.22. The van der Waals surface area contributed by atoms with Gasteiger partial charge in [-0.15, -0.1) is 15.3 Å². The van der Waals surface area contributed by atoms with Crippen LogP contribution in [0.1, 0.15) is 34.8 Å². The lowest BCUT2D eigenvalue weighted by Gasteiger charge is -2.64. The molecule has 2 heterocycles. The van der Waals surface area contributed by atoms with Crippen molar-refractivity contribution in [1.29, 1.82) is 0 Å². The minimum absolute atomic E-state index is 0.232. The first-order valence-corrected chi connectivity index (χ1v) is 9.15. The van der Waals surface area contributed by atoms with E-state index in [2.05, 4.69) is 25.8 Å². The summed E-state index contributed by atoms with van der Waals surface area (Å²) >= 11 is 1.43. The van der Waals surface area contributed by atoms with Gasteiger partial charge >= 0.3 is 0 Å². The summed E-state index contributed by atoms with van der Waals surface area (Å²) in [4.78, 5) is 12.3. The lowest BCUT2D eigenvalue weighted by Crippen LogP contribution is -2.70. The molecule has 3 aromatic rings. The number of amides is 1. The lowest BCUT2D eigenvalue weighted by atomic mass is 9.47. The van der Waals surface area contributed by atoms with E-state index in [9.17, 15) is 9.18 Å². The van der Waals surface area contributed by atoms with Crippen molar-refractivity contribution in [1.82, 2.24) is 30.5 Å². The fourth-order valence-electron chi connectivity index (χ4n) is 3.73. The predicted molar refractivity (Wildman–Crippen MR) is 92.2 cm³/mol. The molecule has 3 aliphatic carbocycles. The second-order valence-electron chi connectivity index (χ2n) is 7.00. The summed E-state index contributed by atoms with van der Waals surface area (Å²) in [6.45, 7) is 0.273. The van der Waals surface area contributed by atoms with Crippen LogP contribution in [-0.2, 0) is 12.1 Å². The van der Waals surface area contributed by atoms with Gasteiger partial charge in [0.2, 0.25) is 0 Å². The highest BCUT2D eigenvalue weighted by molar-refractivity contribution is 7.14. The molecule has 3 aliphatic rings. The van der Waals surface area contributed by atoms with E-state index in [4.69, 9.17) is 0 Å². The van der Waals surface area contributed by atoms with Crippen molar-refractivity contribution in [3.05, 3.63) is 47.2 Å². The molecule has 3 fully saturated rings. The van der Waals surface area contributed by atoms with Gasteiger partial charge in [-0.2, -0.15) is 0 Å². The molecular formula is C17H15FN6OS. The first kappa shape index (κ1) is 15.6. The van der Waals surface area contributed by atoms with Crippen LogP contribution in [0.3, 0.4) is 0 Å². The van der Waals surface area contributed by atoms with E-state index < -0.39 is 5.67 Å². The average Bonchev–Trinajstić information content (AvgIpc) is 3.26. The van der Waals surface area contributed by atoms with Crippen molar-refractivity contribution in [2.45, 2.75) is 37.0 Å². The van der Waals surface area contributed by atoms with Gasteiger partial charge in [-0.25, -0.2) is 9.07 Å². The highest BCUT2D eigenvalue weighted by atomic mass is 32.1. The number of benzene rings is 1. The van der Waals surface area contributed by atoms with E-state index in [1.54, 1.807) is 10.9 Å². The summed E-state index contributed by atoms with van der Waals surface area (Å²) in [6.07, 6.45) is 3.01. The predicted octanol–water partition coefficient (Wildman–Crippen LogP) is 2.33. The number of nitrogens with zero attached hydrogens (tertiary/aromatic N) is 5. The third-order valence-corrected chi connectivity index (χ3v) is 6.01. The van der Waals surface area contributed by atoms with Crippen LogP contribution in [0.15, 0.2) is 36.5 Å². The fraction of sp³-hybridized carbons (Fsp3) is 0.353. The molecule has 0 atom stereocenters. The monoisotopic (exact) mass is 370 g/mol. The Kier molecular flexibility index (Phi) is 3.24. The van der Waals surface area contributed by atoms with Gasteiger partial charge in [-0.1, -0.05) is 46.9 Å². The molecule has 1 amide bonds. The molecule has 0 spiro atoms. The van der Waals surface area contributed by atoms with E-state index >= 15 is 0 Å². The molecule has 2 aromatic heterocycles. The number of nitrogens with one attached hydrogen (secondary N) is 1. The van der Waals surface area contributed by atoms with Gasteiger partial charge in [0, 0.05) is 24.8 Å². The summed E-state index contributed by atoms with van der Waals surface area (Å²) in [5.74, 6) is -0.325. The van der Waals surface area contributed by atoms with Crippen LogP contribution < -0.4 is 5.32 Å². The number of halogens is 1. The van der Waals surface area contributed by atoms with E-state index in [0.717, 1.165) is 10.6 Å². The van der Waals surface area contributed by atoms with Gasteiger partial charge in [0.05, 0.1) is 18.3 Å². The second kappa shape index (κ2) is 5.41. The van der Waals surface area contributed by atoms with Crippen molar-refractivity contribution in [2.24, 2.45) is 0 Å². The number of aromatic nitrogens is 5. The number of carbonyl (C=O) groups is 1. The quantitative estimate of drug-likeness (QED) is 0.745. The van der Waals surface area contributed by atoms with E-state index in [1.165, 1.54) is 11.3 Å². The standard InChI is InChI=1S/C17H15FN6OS/c18-16-8-17(9-16,10-16)24-7-12(20-23-24)14(25)19-6-13-21-22-15(26-13)11-4-2-1-3-5-11/h1-5,7H,6,8-10H2,(H,19,25). The largest absolute Gasteiger partial charge is 0.344 e. The third-order valence-electron chi connectivity index (χ3n) is 5.04. The maximum absolute atomic E-state index is 13.6. The maximum atomic E-state index is 13.6. The normalized spacial score (nSPS) is 26.0. The summed E-state index contributed by atoms with van der Waals surface area (Å²) in [6, 6.07) is 9.76. The highest BCUT2D eigenvalue weighted by Crippen LogP contribution is 2.67. The molecule has 132 valence electrons. The van der Waals surface area contributed by atoms with Crippen LogP contribution in [0.2, 0.25) is 0 Å². The number of hydrogen-bond acceptors (Lipinski definition) is 6. The molecule has 0 aliphatic heterocycles. The van der Waals surface area contributed by atoms with Gasteiger partial charge in [0.1, 0.15) is 15.7 Å². The van der Waals surface area contributed by atoms with Gasteiger partial charge < -0.3 is 5.32 Å². The van der Waals surface area contributed by atoms with Crippen molar-refractivity contribution < 1.29 is 9.18 Å². The molecule has 9 heteroatoms. The van der Waals surface area contributed by atoms with Crippen molar-refractivity contribution in [3.63, 3.8) is 0 Å². The minimum Gasteiger partial charge on any atom is -0.344 e. The Hall–Kier alpha value is -2.68. The average molecular weight is 370 g/mol. The zero-order valence-corrected chi connectivity index (χ0v) is 14.5. The maximum Gasteiger partial charge on any atom is 0.273 e. The zero-order valence-electron chi connectivity index (χ0n) is 13.7. The highest BCUT2D eigenvalue weighted by Gasteiger charge is 2.71. The molecule has 6 rings (SSSR count). The Morgan fingerprint density at radius 1 is 1.19 bits per heavy atom. The van der Waals surface area contributed by atoms with Crippen LogP contribution in [0.4, 0.5) is 4.39 Å². The summed E-state index contributed by atoms with van der Waals surface area (Å²) < 4.78 is 15.3. The summed E-state index contributed by atoms with van der Waals surface area (Å²) in [5, 5.41) is 20.5. The molecular weight excluding hydrogens is 355 g/mol.